The average molecular weight is 400 g/mol. The molecule has 7 heteroatoms. The molecule has 0 saturated carbocycles. The van der Waals surface area contributed by atoms with E-state index in [-0.39, 0.29) is 5.28 Å². The molecule has 0 amide bonds. The van der Waals surface area contributed by atoms with Crippen LogP contribution in [0.15, 0.2) is 24.4 Å². The summed E-state index contributed by atoms with van der Waals surface area (Å²) in [4.78, 5) is 7.78. The Morgan fingerprint density at radius 3 is 2.71 bits per heavy atom. The van der Waals surface area contributed by atoms with E-state index >= 15 is 0 Å². The fraction of sp³-hybridized carbons (Fsp3) is 0. The van der Waals surface area contributed by atoms with Crippen LogP contribution >= 0.6 is 57.4 Å². The lowest BCUT2D eigenvalue weighted by Crippen LogP contribution is -1.98. The van der Waals surface area contributed by atoms with E-state index in [1.165, 1.54) is 6.20 Å². The Morgan fingerprint density at radius 1 is 1.18 bits per heavy atom. The van der Waals surface area contributed by atoms with Crippen LogP contribution in [0.1, 0.15) is 0 Å². The first-order valence-corrected chi connectivity index (χ1v) is 6.67. The lowest BCUT2D eigenvalue weighted by Gasteiger charge is -2.09. The fourth-order valence-electron chi connectivity index (χ4n) is 1.15. The normalized spacial score (nSPS) is 10.4. The summed E-state index contributed by atoms with van der Waals surface area (Å²) in [5.41, 5.74) is 0.815. The van der Waals surface area contributed by atoms with Crippen molar-refractivity contribution in [1.29, 1.82) is 0 Å². The summed E-state index contributed by atoms with van der Waals surface area (Å²) in [6, 6.07) is 5.49. The van der Waals surface area contributed by atoms with Gasteiger partial charge in [-0.2, -0.15) is 4.98 Å². The number of nitrogens with zero attached hydrogens (tertiary/aromatic N) is 2. The van der Waals surface area contributed by atoms with E-state index in [0.717, 1.165) is 9.26 Å². The third kappa shape index (κ3) is 3.34. The maximum Gasteiger partial charge on any atom is 0.224 e. The van der Waals surface area contributed by atoms with E-state index in [1.807, 2.05) is 12.1 Å². The smallest absolute Gasteiger partial charge is 0.224 e. The second-order valence-corrected chi connectivity index (χ2v) is 5.43. The number of hydrogen-bond donors (Lipinski definition) is 1. The van der Waals surface area contributed by atoms with Crippen LogP contribution in [0.4, 0.5) is 11.5 Å². The molecule has 0 saturated heterocycles. The molecular weight excluding hydrogens is 395 g/mol. The number of halogens is 4. The van der Waals surface area contributed by atoms with Gasteiger partial charge in [-0.25, -0.2) is 4.98 Å². The van der Waals surface area contributed by atoms with Crippen LogP contribution in [-0.4, -0.2) is 9.97 Å². The van der Waals surface area contributed by atoms with Crippen molar-refractivity contribution < 1.29 is 0 Å². The highest BCUT2D eigenvalue weighted by molar-refractivity contribution is 14.1. The molecular formula is C10H5Cl3IN3. The van der Waals surface area contributed by atoms with Gasteiger partial charge in [0.1, 0.15) is 5.02 Å². The number of aromatic nitrogens is 2. The largest absolute Gasteiger partial charge is 0.338 e. The average Bonchev–Trinajstić information content (AvgIpc) is 2.28. The van der Waals surface area contributed by atoms with E-state index in [9.17, 15) is 0 Å². The van der Waals surface area contributed by atoms with Crippen LogP contribution in [-0.2, 0) is 0 Å². The molecule has 17 heavy (non-hydrogen) atoms. The number of anilines is 2. The standard InChI is InChI=1S/C10H5Cl3IN3/c11-5-1-2-7(14)8(3-5)16-9-6(12)4-15-10(13)17-9/h1-4H,(H,15,16,17). The summed E-state index contributed by atoms with van der Waals surface area (Å²) in [6.45, 7) is 0. The van der Waals surface area contributed by atoms with Crippen LogP contribution in [0.5, 0.6) is 0 Å². The third-order valence-corrected chi connectivity index (χ3v) is 3.53. The molecule has 1 aromatic carbocycles. The predicted octanol–water partition coefficient (Wildman–Crippen LogP) is 4.79. The molecule has 1 aromatic heterocycles. The van der Waals surface area contributed by atoms with Gasteiger partial charge in [-0.05, 0) is 52.4 Å². The first-order chi connectivity index (χ1) is 8.06. The minimum Gasteiger partial charge on any atom is -0.338 e. The van der Waals surface area contributed by atoms with Crippen molar-refractivity contribution >= 4 is 68.9 Å². The molecule has 0 fully saturated rings. The van der Waals surface area contributed by atoms with Crippen LogP contribution in [0.3, 0.4) is 0 Å². The molecule has 88 valence electrons. The Hall–Kier alpha value is -0.300. The van der Waals surface area contributed by atoms with E-state index in [2.05, 4.69) is 37.9 Å². The first kappa shape index (κ1) is 13.1. The Kier molecular flexibility index (Phi) is 4.30. The Balaban J connectivity index is 2.37. The predicted molar refractivity (Wildman–Crippen MR) is 79.5 cm³/mol. The fourth-order valence-corrected chi connectivity index (χ4v) is 2.07. The quantitative estimate of drug-likeness (QED) is 0.582. The molecule has 0 atom stereocenters. The lowest BCUT2D eigenvalue weighted by atomic mass is 10.3. The van der Waals surface area contributed by atoms with Gasteiger partial charge in [0.25, 0.3) is 0 Å². The Morgan fingerprint density at radius 2 is 1.94 bits per heavy atom. The molecule has 2 rings (SSSR count). The third-order valence-electron chi connectivity index (χ3n) is 1.90. The highest BCUT2D eigenvalue weighted by Crippen LogP contribution is 2.28. The molecule has 0 radical (unpaired) electrons. The molecule has 0 aliphatic carbocycles. The topological polar surface area (TPSA) is 37.8 Å². The number of hydrogen-bond acceptors (Lipinski definition) is 3. The number of rotatable bonds is 2. The molecule has 2 aromatic rings. The minimum absolute atomic E-state index is 0.133. The molecule has 1 N–H and O–H groups in total. The van der Waals surface area contributed by atoms with E-state index in [1.54, 1.807) is 6.07 Å². The van der Waals surface area contributed by atoms with Gasteiger partial charge in [0.05, 0.1) is 11.9 Å². The van der Waals surface area contributed by atoms with Gasteiger partial charge in [0.15, 0.2) is 5.82 Å². The van der Waals surface area contributed by atoms with Crippen LogP contribution < -0.4 is 5.32 Å². The van der Waals surface area contributed by atoms with Crippen molar-refractivity contribution in [3.63, 3.8) is 0 Å². The molecule has 0 aliphatic rings. The molecule has 1 heterocycles. The summed E-state index contributed by atoms with van der Waals surface area (Å²) >= 11 is 19.8. The van der Waals surface area contributed by atoms with Gasteiger partial charge in [0.2, 0.25) is 5.28 Å². The van der Waals surface area contributed by atoms with Crippen molar-refractivity contribution in [3.8, 4) is 0 Å². The van der Waals surface area contributed by atoms with Crippen molar-refractivity contribution in [2.75, 3.05) is 5.32 Å². The van der Waals surface area contributed by atoms with Crippen LogP contribution in [0.25, 0.3) is 0 Å². The summed E-state index contributed by atoms with van der Waals surface area (Å²) in [5, 5.41) is 4.22. The first-order valence-electron chi connectivity index (χ1n) is 4.46. The Bertz CT molecular complexity index is 513. The lowest BCUT2D eigenvalue weighted by molar-refractivity contribution is 1.17. The summed E-state index contributed by atoms with van der Waals surface area (Å²) in [5.74, 6) is 0.451. The maximum absolute atomic E-state index is 5.96. The zero-order valence-corrected chi connectivity index (χ0v) is 12.6. The molecule has 0 unspecified atom stereocenters. The van der Waals surface area contributed by atoms with Gasteiger partial charge >= 0.3 is 0 Å². The second-order valence-electron chi connectivity index (χ2n) is 3.08. The molecule has 3 nitrogen and oxygen atoms in total. The number of benzene rings is 1. The Labute approximate surface area is 127 Å². The van der Waals surface area contributed by atoms with Crippen molar-refractivity contribution in [2.45, 2.75) is 0 Å². The molecule has 0 bridgehead atoms. The summed E-state index contributed by atoms with van der Waals surface area (Å²) in [7, 11) is 0. The van der Waals surface area contributed by atoms with Gasteiger partial charge < -0.3 is 5.32 Å². The van der Waals surface area contributed by atoms with Gasteiger partial charge in [-0.15, -0.1) is 0 Å². The monoisotopic (exact) mass is 399 g/mol. The van der Waals surface area contributed by atoms with Crippen LogP contribution in [0.2, 0.25) is 15.3 Å². The van der Waals surface area contributed by atoms with Gasteiger partial charge in [-0.3, -0.25) is 0 Å². The molecule has 0 aliphatic heterocycles. The van der Waals surface area contributed by atoms with Gasteiger partial charge in [-0.1, -0.05) is 23.2 Å². The molecule has 0 spiro atoms. The highest BCUT2D eigenvalue weighted by Gasteiger charge is 2.07. The highest BCUT2D eigenvalue weighted by atomic mass is 127. The minimum atomic E-state index is 0.133. The van der Waals surface area contributed by atoms with Crippen molar-refractivity contribution in [3.05, 3.63) is 43.3 Å². The van der Waals surface area contributed by atoms with Gasteiger partial charge in [0, 0.05) is 8.59 Å². The maximum atomic E-state index is 5.96. The van der Waals surface area contributed by atoms with Crippen LogP contribution in [0, 0.1) is 3.57 Å². The van der Waals surface area contributed by atoms with E-state index in [0.29, 0.717) is 15.9 Å². The van der Waals surface area contributed by atoms with Crippen molar-refractivity contribution in [2.24, 2.45) is 0 Å². The van der Waals surface area contributed by atoms with E-state index in [4.69, 9.17) is 34.8 Å². The SMILES string of the molecule is Clc1ccc(I)c(Nc2nc(Cl)ncc2Cl)c1. The van der Waals surface area contributed by atoms with Crippen molar-refractivity contribution in [1.82, 2.24) is 9.97 Å². The zero-order chi connectivity index (χ0) is 12.4. The van der Waals surface area contributed by atoms with E-state index < -0.39 is 0 Å². The second kappa shape index (κ2) is 5.56. The summed E-state index contributed by atoms with van der Waals surface area (Å²) < 4.78 is 0.998. The zero-order valence-electron chi connectivity index (χ0n) is 8.22. The number of nitrogens with one attached hydrogen (secondary N) is 1. The summed E-state index contributed by atoms with van der Waals surface area (Å²) in [6.07, 6.45) is 1.44.